The second-order valence-electron chi connectivity index (χ2n) is 6.09. The summed E-state index contributed by atoms with van der Waals surface area (Å²) in [7, 11) is 0. The Balaban J connectivity index is 2.14. The van der Waals surface area contributed by atoms with E-state index >= 15 is 0 Å². The van der Waals surface area contributed by atoms with Gasteiger partial charge in [-0.2, -0.15) is 16.7 Å². The summed E-state index contributed by atoms with van der Waals surface area (Å²) in [5.74, 6) is 4.32. The van der Waals surface area contributed by atoms with Crippen LogP contribution >= 0.6 is 11.8 Å². The number of aromatic nitrogens is 2. The van der Waals surface area contributed by atoms with E-state index in [2.05, 4.69) is 37.8 Å². The van der Waals surface area contributed by atoms with Crippen molar-refractivity contribution >= 4 is 11.8 Å². The number of rotatable bonds is 4. The van der Waals surface area contributed by atoms with E-state index in [0.29, 0.717) is 11.8 Å². The standard InChI is InChI=1S/C14H25N3OS/c1-5-19-8-12-16-13(18-17-12)10-6-7-11(15)9(2)14(10,3)4/h9-11H,5-8,15H2,1-4H3. The van der Waals surface area contributed by atoms with E-state index in [1.807, 2.05) is 11.8 Å². The summed E-state index contributed by atoms with van der Waals surface area (Å²) in [6.07, 6.45) is 2.08. The zero-order valence-corrected chi connectivity index (χ0v) is 13.2. The Morgan fingerprint density at radius 3 is 2.84 bits per heavy atom. The van der Waals surface area contributed by atoms with Crippen molar-refractivity contribution < 1.29 is 4.52 Å². The molecule has 1 aromatic rings. The lowest BCUT2D eigenvalue weighted by Crippen LogP contribution is -2.45. The molecule has 5 heteroatoms. The summed E-state index contributed by atoms with van der Waals surface area (Å²) in [4.78, 5) is 4.59. The molecule has 1 aliphatic rings. The molecule has 0 aromatic carbocycles. The molecule has 0 aliphatic heterocycles. The summed E-state index contributed by atoms with van der Waals surface area (Å²) >= 11 is 1.82. The average molecular weight is 283 g/mol. The van der Waals surface area contributed by atoms with E-state index in [-0.39, 0.29) is 11.5 Å². The maximum absolute atomic E-state index is 6.20. The zero-order valence-electron chi connectivity index (χ0n) is 12.3. The normalized spacial score (nSPS) is 30.5. The van der Waals surface area contributed by atoms with Crippen molar-refractivity contribution in [3.8, 4) is 0 Å². The van der Waals surface area contributed by atoms with Crippen LogP contribution in [0.15, 0.2) is 4.52 Å². The molecule has 2 rings (SSSR count). The Labute approximate surface area is 119 Å². The molecule has 19 heavy (non-hydrogen) atoms. The fourth-order valence-electron chi connectivity index (χ4n) is 2.95. The van der Waals surface area contributed by atoms with E-state index in [4.69, 9.17) is 10.3 Å². The van der Waals surface area contributed by atoms with Gasteiger partial charge in [0.05, 0.1) is 5.75 Å². The first-order valence-electron chi connectivity index (χ1n) is 7.12. The smallest absolute Gasteiger partial charge is 0.230 e. The molecule has 108 valence electrons. The van der Waals surface area contributed by atoms with Crippen molar-refractivity contribution in [2.45, 2.75) is 58.2 Å². The van der Waals surface area contributed by atoms with E-state index in [1.165, 1.54) is 0 Å². The van der Waals surface area contributed by atoms with Crippen molar-refractivity contribution in [1.82, 2.24) is 10.1 Å². The number of nitrogens with two attached hydrogens (primary N) is 1. The Kier molecular flexibility index (Phi) is 4.56. The van der Waals surface area contributed by atoms with Gasteiger partial charge in [-0.1, -0.05) is 32.9 Å². The Morgan fingerprint density at radius 1 is 1.42 bits per heavy atom. The van der Waals surface area contributed by atoms with Crippen LogP contribution in [-0.2, 0) is 5.75 Å². The van der Waals surface area contributed by atoms with Crippen molar-refractivity contribution in [3.05, 3.63) is 11.7 Å². The van der Waals surface area contributed by atoms with Crippen LogP contribution in [0.3, 0.4) is 0 Å². The summed E-state index contributed by atoms with van der Waals surface area (Å²) in [5, 5.41) is 4.10. The Hall–Kier alpha value is -0.550. The monoisotopic (exact) mass is 283 g/mol. The highest BCUT2D eigenvalue weighted by Gasteiger charge is 2.44. The van der Waals surface area contributed by atoms with E-state index in [0.717, 1.165) is 36.1 Å². The number of hydrogen-bond donors (Lipinski definition) is 1. The second-order valence-corrected chi connectivity index (χ2v) is 7.36. The predicted octanol–water partition coefficient (Wildman–Crippen LogP) is 3.19. The van der Waals surface area contributed by atoms with Crippen LogP contribution in [0.2, 0.25) is 0 Å². The highest BCUT2D eigenvalue weighted by atomic mass is 32.2. The van der Waals surface area contributed by atoms with Gasteiger partial charge in [0, 0.05) is 12.0 Å². The van der Waals surface area contributed by atoms with Gasteiger partial charge >= 0.3 is 0 Å². The molecule has 1 saturated carbocycles. The maximum Gasteiger partial charge on any atom is 0.230 e. The zero-order chi connectivity index (χ0) is 14.0. The molecule has 0 spiro atoms. The van der Waals surface area contributed by atoms with Gasteiger partial charge in [-0.3, -0.25) is 0 Å². The highest BCUT2D eigenvalue weighted by molar-refractivity contribution is 7.98. The molecule has 0 radical (unpaired) electrons. The molecule has 0 bridgehead atoms. The van der Waals surface area contributed by atoms with Crippen molar-refractivity contribution in [1.29, 1.82) is 0 Å². The quantitative estimate of drug-likeness (QED) is 0.919. The fourth-order valence-corrected chi connectivity index (χ4v) is 3.46. The van der Waals surface area contributed by atoms with Gasteiger partial charge in [0.25, 0.3) is 0 Å². The minimum absolute atomic E-state index is 0.110. The summed E-state index contributed by atoms with van der Waals surface area (Å²) in [5.41, 5.74) is 6.31. The van der Waals surface area contributed by atoms with Gasteiger partial charge < -0.3 is 10.3 Å². The first-order valence-corrected chi connectivity index (χ1v) is 8.28. The molecule has 1 fully saturated rings. The van der Waals surface area contributed by atoms with Gasteiger partial charge in [-0.15, -0.1) is 0 Å². The molecule has 0 saturated heterocycles. The lowest BCUT2D eigenvalue weighted by molar-refractivity contribution is 0.0806. The van der Waals surface area contributed by atoms with Crippen LogP contribution in [0.25, 0.3) is 0 Å². The molecule has 4 nitrogen and oxygen atoms in total. The van der Waals surface area contributed by atoms with Gasteiger partial charge in [0.1, 0.15) is 0 Å². The van der Waals surface area contributed by atoms with E-state index < -0.39 is 0 Å². The molecular formula is C14H25N3OS. The van der Waals surface area contributed by atoms with E-state index in [1.54, 1.807) is 0 Å². The van der Waals surface area contributed by atoms with Gasteiger partial charge in [0.2, 0.25) is 5.89 Å². The highest BCUT2D eigenvalue weighted by Crippen LogP contribution is 2.49. The van der Waals surface area contributed by atoms with Crippen LogP contribution in [0.5, 0.6) is 0 Å². The fraction of sp³-hybridized carbons (Fsp3) is 0.857. The first kappa shape index (κ1) is 14.9. The maximum atomic E-state index is 6.20. The molecule has 0 amide bonds. The van der Waals surface area contributed by atoms with Crippen LogP contribution in [-0.4, -0.2) is 21.9 Å². The Bertz CT molecular complexity index is 419. The largest absolute Gasteiger partial charge is 0.339 e. The third-order valence-corrected chi connectivity index (χ3v) is 5.59. The number of hydrogen-bond acceptors (Lipinski definition) is 5. The average Bonchev–Trinajstić information content (AvgIpc) is 2.82. The minimum Gasteiger partial charge on any atom is -0.339 e. The molecule has 3 atom stereocenters. The molecule has 1 aliphatic carbocycles. The SMILES string of the molecule is CCSCc1noc(C2CCC(N)C(C)C2(C)C)n1. The van der Waals surface area contributed by atoms with Crippen molar-refractivity contribution in [2.24, 2.45) is 17.1 Å². The topological polar surface area (TPSA) is 64.9 Å². The van der Waals surface area contributed by atoms with E-state index in [9.17, 15) is 0 Å². The number of nitrogens with zero attached hydrogens (tertiary/aromatic N) is 2. The summed E-state index contributed by atoms with van der Waals surface area (Å²) in [6, 6.07) is 0.282. The van der Waals surface area contributed by atoms with Gasteiger partial charge in [0.15, 0.2) is 5.82 Å². The van der Waals surface area contributed by atoms with Crippen molar-refractivity contribution in [3.63, 3.8) is 0 Å². The lowest BCUT2D eigenvalue weighted by Gasteiger charge is -2.45. The minimum atomic E-state index is 0.110. The molecule has 2 N–H and O–H groups in total. The summed E-state index contributed by atoms with van der Waals surface area (Å²) < 4.78 is 5.51. The van der Waals surface area contributed by atoms with Crippen LogP contribution in [0, 0.1) is 11.3 Å². The molecule has 1 aromatic heterocycles. The van der Waals surface area contributed by atoms with Crippen LogP contribution in [0.1, 0.15) is 58.2 Å². The van der Waals surface area contributed by atoms with Gasteiger partial charge in [-0.05, 0) is 29.9 Å². The third-order valence-electron chi connectivity index (χ3n) is 4.72. The predicted molar refractivity (Wildman–Crippen MR) is 79.0 cm³/mol. The van der Waals surface area contributed by atoms with Gasteiger partial charge in [-0.25, -0.2) is 0 Å². The van der Waals surface area contributed by atoms with Crippen LogP contribution in [0.4, 0.5) is 0 Å². The first-order chi connectivity index (χ1) is 8.96. The Morgan fingerprint density at radius 2 is 2.16 bits per heavy atom. The summed E-state index contributed by atoms with van der Waals surface area (Å²) in [6.45, 7) is 8.91. The third kappa shape index (κ3) is 2.97. The molecule has 1 heterocycles. The van der Waals surface area contributed by atoms with Crippen molar-refractivity contribution in [2.75, 3.05) is 5.75 Å². The lowest BCUT2D eigenvalue weighted by atomic mass is 9.61. The molecule has 3 unspecified atom stereocenters. The molecular weight excluding hydrogens is 258 g/mol. The number of thioether (sulfide) groups is 1. The van der Waals surface area contributed by atoms with Crippen LogP contribution < -0.4 is 5.73 Å². The second kappa shape index (κ2) is 5.83.